The number of aryl methyl sites for hydroxylation is 1. The van der Waals surface area contributed by atoms with Gasteiger partial charge in [-0.2, -0.15) is 0 Å². The normalized spacial score (nSPS) is 24.9. The maximum Gasteiger partial charge on any atom is 0.231 e. The third kappa shape index (κ3) is 4.10. The summed E-state index contributed by atoms with van der Waals surface area (Å²) in [7, 11) is 0. The molecular formula is C25H26O3. The molecule has 1 fully saturated rings. The van der Waals surface area contributed by atoms with Gasteiger partial charge in [0.25, 0.3) is 0 Å². The number of Topliss-reactive ketones (excluding diaryl/α,β-unsaturated/α-hetero) is 1. The van der Waals surface area contributed by atoms with E-state index in [1.165, 1.54) is 11.1 Å². The van der Waals surface area contributed by atoms with Crippen LogP contribution in [0.15, 0.2) is 78.1 Å². The summed E-state index contributed by atoms with van der Waals surface area (Å²) in [6.45, 7) is 4.21. The van der Waals surface area contributed by atoms with Crippen LogP contribution in [0.2, 0.25) is 0 Å². The molecule has 4 rings (SSSR count). The van der Waals surface area contributed by atoms with E-state index in [0.29, 0.717) is 17.1 Å². The summed E-state index contributed by atoms with van der Waals surface area (Å²) >= 11 is 0. The Morgan fingerprint density at radius 2 is 1.86 bits per heavy atom. The molecule has 2 aliphatic heterocycles. The summed E-state index contributed by atoms with van der Waals surface area (Å²) in [5.74, 6) is 0.973. The number of carbonyl (C=O) groups excluding carboxylic acids is 1. The third-order valence-corrected chi connectivity index (χ3v) is 5.54. The first-order valence-electron chi connectivity index (χ1n) is 9.97. The lowest BCUT2D eigenvalue weighted by Gasteiger charge is -2.04. The van der Waals surface area contributed by atoms with E-state index >= 15 is 0 Å². The fourth-order valence-corrected chi connectivity index (χ4v) is 3.73. The minimum absolute atomic E-state index is 0.0527. The molecule has 2 aliphatic rings. The quantitative estimate of drug-likeness (QED) is 0.356. The van der Waals surface area contributed by atoms with Gasteiger partial charge in [0, 0.05) is 0 Å². The van der Waals surface area contributed by atoms with E-state index in [0.717, 1.165) is 25.7 Å². The van der Waals surface area contributed by atoms with Crippen molar-refractivity contribution in [2.45, 2.75) is 51.2 Å². The number of benzene rings is 2. The highest BCUT2D eigenvalue weighted by molar-refractivity contribution is 6.12. The van der Waals surface area contributed by atoms with Crippen molar-refractivity contribution in [2.75, 3.05) is 0 Å². The molecule has 0 aromatic heterocycles. The van der Waals surface area contributed by atoms with E-state index in [1.54, 1.807) is 6.07 Å². The molecule has 0 saturated carbocycles. The summed E-state index contributed by atoms with van der Waals surface area (Å²) in [5, 5.41) is 0. The summed E-state index contributed by atoms with van der Waals surface area (Å²) < 4.78 is 11.6. The van der Waals surface area contributed by atoms with E-state index in [2.05, 4.69) is 43.3 Å². The molecule has 2 aromatic rings. The highest BCUT2D eigenvalue weighted by Crippen LogP contribution is 2.43. The second kappa shape index (κ2) is 7.76. The Balaban J connectivity index is 1.27. The zero-order chi connectivity index (χ0) is 19.6. The Morgan fingerprint density at radius 1 is 1.11 bits per heavy atom. The van der Waals surface area contributed by atoms with Crippen LogP contribution in [-0.2, 0) is 11.2 Å². The molecule has 2 heterocycles. The Kier molecular flexibility index (Phi) is 5.19. The first-order chi connectivity index (χ1) is 13.5. The van der Waals surface area contributed by atoms with Crippen LogP contribution in [0, 0.1) is 0 Å². The van der Waals surface area contributed by atoms with E-state index in [4.69, 9.17) is 9.47 Å². The molecule has 28 heavy (non-hydrogen) atoms. The summed E-state index contributed by atoms with van der Waals surface area (Å²) in [6, 6.07) is 17.9. The maximum absolute atomic E-state index is 12.5. The Hall–Kier alpha value is -2.65. The van der Waals surface area contributed by atoms with Gasteiger partial charge < -0.3 is 9.47 Å². The number of ketones is 1. The number of epoxide rings is 1. The number of ether oxygens (including phenoxy) is 2. The molecule has 0 amide bonds. The first-order valence-corrected chi connectivity index (χ1v) is 9.97. The van der Waals surface area contributed by atoms with Crippen LogP contribution in [0.25, 0.3) is 0 Å². The molecule has 0 radical (unpaired) electrons. The van der Waals surface area contributed by atoms with Crippen molar-refractivity contribution in [1.29, 1.82) is 0 Å². The number of allylic oxidation sites excluding steroid dienone is 3. The van der Waals surface area contributed by atoms with Gasteiger partial charge in [-0.25, -0.2) is 0 Å². The molecule has 3 nitrogen and oxygen atoms in total. The van der Waals surface area contributed by atoms with Crippen molar-refractivity contribution in [3.63, 3.8) is 0 Å². The number of para-hydroxylation sites is 1. The lowest BCUT2D eigenvalue weighted by Crippen LogP contribution is -2.11. The molecular weight excluding hydrogens is 348 g/mol. The standard InChI is InChI=1S/C25H26O3/c1-18(9-8-12-19-10-4-3-5-11-19)15-16-23-25(2,28-23)17-22-24(26)20-13-6-7-14-21(20)27-22/h3-7,9-11,13-14,17,23H,8,12,15-16H2,1-2H3/b18-9+,22-17-. The Labute approximate surface area is 166 Å². The average Bonchev–Trinajstić information content (AvgIpc) is 3.24. The van der Waals surface area contributed by atoms with Gasteiger partial charge in [-0.05, 0) is 63.3 Å². The molecule has 2 aromatic carbocycles. The molecule has 0 N–H and O–H groups in total. The van der Waals surface area contributed by atoms with Gasteiger partial charge in [-0.3, -0.25) is 4.79 Å². The van der Waals surface area contributed by atoms with Gasteiger partial charge in [-0.1, -0.05) is 54.1 Å². The second-order valence-electron chi connectivity index (χ2n) is 7.84. The predicted molar refractivity (Wildman–Crippen MR) is 111 cm³/mol. The second-order valence-corrected chi connectivity index (χ2v) is 7.84. The molecule has 0 spiro atoms. The van der Waals surface area contributed by atoms with Crippen LogP contribution in [-0.4, -0.2) is 17.5 Å². The van der Waals surface area contributed by atoms with E-state index in [-0.39, 0.29) is 11.9 Å². The van der Waals surface area contributed by atoms with Crippen molar-refractivity contribution in [1.82, 2.24) is 0 Å². The number of carbonyl (C=O) groups is 1. The van der Waals surface area contributed by atoms with Gasteiger partial charge in [0.05, 0.1) is 11.7 Å². The fraction of sp³-hybridized carbons (Fsp3) is 0.320. The van der Waals surface area contributed by atoms with Gasteiger partial charge in [-0.15, -0.1) is 0 Å². The summed E-state index contributed by atoms with van der Waals surface area (Å²) in [4.78, 5) is 12.5. The van der Waals surface area contributed by atoms with Gasteiger partial charge in [0.2, 0.25) is 5.78 Å². The highest BCUT2D eigenvalue weighted by Gasteiger charge is 2.51. The van der Waals surface area contributed by atoms with Crippen LogP contribution >= 0.6 is 0 Å². The van der Waals surface area contributed by atoms with Crippen molar-refractivity contribution in [3.8, 4) is 5.75 Å². The predicted octanol–water partition coefficient (Wildman–Crippen LogP) is 5.66. The largest absolute Gasteiger partial charge is 0.453 e. The molecule has 1 saturated heterocycles. The zero-order valence-electron chi connectivity index (χ0n) is 16.5. The monoisotopic (exact) mass is 374 g/mol. The molecule has 2 atom stereocenters. The van der Waals surface area contributed by atoms with E-state index < -0.39 is 5.60 Å². The Bertz CT molecular complexity index is 926. The number of hydrogen-bond acceptors (Lipinski definition) is 3. The third-order valence-electron chi connectivity index (χ3n) is 5.54. The van der Waals surface area contributed by atoms with E-state index in [1.807, 2.05) is 31.2 Å². The van der Waals surface area contributed by atoms with Gasteiger partial charge >= 0.3 is 0 Å². The smallest absolute Gasteiger partial charge is 0.231 e. The molecule has 3 heteroatoms. The molecule has 144 valence electrons. The van der Waals surface area contributed by atoms with Crippen LogP contribution in [0.5, 0.6) is 5.75 Å². The van der Waals surface area contributed by atoms with Crippen molar-refractivity contribution >= 4 is 5.78 Å². The molecule has 0 bridgehead atoms. The number of hydrogen-bond donors (Lipinski definition) is 0. The van der Waals surface area contributed by atoms with Crippen LogP contribution in [0.4, 0.5) is 0 Å². The van der Waals surface area contributed by atoms with Crippen molar-refractivity contribution in [3.05, 3.63) is 89.2 Å². The number of rotatable bonds is 7. The topological polar surface area (TPSA) is 38.8 Å². The van der Waals surface area contributed by atoms with Crippen molar-refractivity contribution < 1.29 is 14.3 Å². The SMILES string of the molecule is C/C(=C\CCc1ccccc1)CCC1OC1(C)/C=C1\Oc2ccccc2C1=O. The number of fused-ring (bicyclic) bond motifs is 1. The Morgan fingerprint density at radius 3 is 2.64 bits per heavy atom. The lowest BCUT2D eigenvalue weighted by molar-refractivity contribution is 0.101. The average molecular weight is 374 g/mol. The lowest BCUT2D eigenvalue weighted by atomic mass is 9.99. The first kappa shape index (κ1) is 18.7. The fourth-order valence-electron chi connectivity index (χ4n) is 3.73. The summed E-state index contributed by atoms with van der Waals surface area (Å²) in [5.41, 5.74) is 2.99. The van der Waals surface area contributed by atoms with Gasteiger partial charge in [0.1, 0.15) is 11.4 Å². The van der Waals surface area contributed by atoms with Crippen molar-refractivity contribution in [2.24, 2.45) is 0 Å². The van der Waals surface area contributed by atoms with Crippen LogP contribution in [0.1, 0.15) is 49.0 Å². The minimum atomic E-state index is -0.405. The van der Waals surface area contributed by atoms with Crippen LogP contribution in [0.3, 0.4) is 0 Å². The molecule has 2 unspecified atom stereocenters. The van der Waals surface area contributed by atoms with Crippen LogP contribution < -0.4 is 4.74 Å². The maximum atomic E-state index is 12.5. The molecule has 0 aliphatic carbocycles. The van der Waals surface area contributed by atoms with Gasteiger partial charge in [0.15, 0.2) is 5.76 Å². The highest BCUT2D eigenvalue weighted by atomic mass is 16.6. The zero-order valence-corrected chi connectivity index (χ0v) is 16.5. The van der Waals surface area contributed by atoms with E-state index in [9.17, 15) is 4.79 Å². The minimum Gasteiger partial charge on any atom is -0.453 e. The summed E-state index contributed by atoms with van der Waals surface area (Å²) in [6.07, 6.45) is 8.41.